The Labute approximate surface area is 77.2 Å². The van der Waals surface area contributed by atoms with Crippen molar-refractivity contribution in [3.63, 3.8) is 0 Å². The fourth-order valence-corrected chi connectivity index (χ4v) is 0.667. The van der Waals surface area contributed by atoms with E-state index in [1.807, 2.05) is 5.73 Å². The maximum absolute atomic E-state index is 11.1. The van der Waals surface area contributed by atoms with Crippen molar-refractivity contribution in [3.05, 3.63) is 0 Å². The summed E-state index contributed by atoms with van der Waals surface area (Å²) in [6, 6.07) is -2.17. The van der Waals surface area contributed by atoms with Crippen LogP contribution in [0.3, 0.4) is 0 Å². The number of aliphatic carboxylic acids is 1. The normalized spacial score (nSPS) is 18.2. The van der Waals surface area contributed by atoms with Crippen molar-refractivity contribution in [2.45, 2.75) is 32.0 Å². The van der Waals surface area contributed by atoms with E-state index in [1.54, 1.807) is 0 Å². The molecule has 6 heteroatoms. The Morgan fingerprint density at radius 1 is 1.54 bits per heavy atom. The van der Waals surface area contributed by atoms with Crippen LogP contribution in [0.15, 0.2) is 0 Å². The number of rotatable bonds is 5. The van der Waals surface area contributed by atoms with Crippen LogP contribution >= 0.6 is 0 Å². The summed E-state index contributed by atoms with van der Waals surface area (Å²) in [5.41, 5.74) is 1.91. The number of hydrogen-bond donors (Lipinski definition) is 4. The van der Waals surface area contributed by atoms with Gasteiger partial charge < -0.3 is 21.3 Å². The summed E-state index contributed by atoms with van der Waals surface area (Å²) < 4.78 is 6.68. The van der Waals surface area contributed by atoms with Gasteiger partial charge in [-0.3, -0.25) is 4.79 Å². The first-order chi connectivity index (χ1) is 6.40. The lowest BCUT2D eigenvalue weighted by atomic mass is 10.1. The van der Waals surface area contributed by atoms with Gasteiger partial charge >= 0.3 is 5.97 Å². The minimum atomic E-state index is -1.35. The number of amides is 1. The Morgan fingerprint density at radius 2 is 2.08 bits per heavy atom. The van der Waals surface area contributed by atoms with Gasteiger partial charge in [-0.2, -0.15) is 0 Å². The van der Waals surface area contributed by atoms with Crippen molar-refractivity contribution in [2.75, 3.05) is 0 Å². The number of nitrogens with two attached hydrogens (primary N) is 1. The van der Waals surface area contributed by atoms with E-state index < -0.39 is 30.1 Å². The predicted octanol–water partition coefficient (Wildman–Crippen LogP) is -1.72. The average Bonchev–Trinajstić information content (AvgIpc) is 2.11. The highest BCUT2D eigenvalue weighted by Crippen LogP contribution is 1.93. The summed E-state index contributed by atoms with van der Waals surface area (Å²) in [5, 5.41) is 19.7. The zero-order valence-corrected chi connectivity index (χ0v) is 7.44. The van der Waals surface area contributed by atoms with Crippen LogP contribution in [0.4, 0.5) is 0 Å². The van der Waals surface area contributed by atoms with Crippen LogP contribution in [0.1, 0.15) is 13.8 Å². The number of aliphatic hydroxyl groups is 1. The molecule has 0 saturated heterocycles. The van der Waals surface area contributed by atoms with E-state index in [0.717, 1.165) is 0 Å². The first kappa shape index (κ1) is 9.94. The van der Waals surface area contributed by atoms with E-state index in [9.17, 15) is 9.59 Å². The van der Waals surface area contributed by atoms with Gasteiger partial charge in [-0.15, -0.1) is 0 Å². The molecule has 0 spiro atoms. The molecule has 6 nitrogen and oxygen atoms in total. The maximum Gasteiger partial charge on any atom is 0.328 e. The van der Waals surface area contributed by atoms with E-state index in [2.05, 4.69) is 5.32 Å². The second-order valence-corrected chi connectivity index (χ2v) is 2.79. The third kappa shape index (κ3) is 3.86. The highest BCUT2D eigenvalue weighted by Gasteiger charge is 2.25. The number of hydrogen-bond acceptors (Lipinski definition) is 4. The van der Waals surface area contributed by atoms with Gasteiger partial charge in [-0.1, -0.05) is 0 Å². The maximum atomic E-state index is 11.1. The van der Waals surface area contributed by atoms with Crippen molar-refractivity contribution >= 4 is 11.9 Å². The molecule has 0 aromatic rings. The second kappa shape index (κ2) is 4.78. The van der Waals surface area contributed by atoms with Crippen molar-refractivity contribution < 1.29 is 21.2 Å². The highest BCUT2D eigenvalue weighted by atomic mass is 16.4. The van der Waals surface area contributed by atoms with Crippen molar-refractivity contribution in [2.24, 2.45) is 5.73 Å². The molecule has 0 aromatic carbocycles. The lowest BCUT2D eigenvalue weighted by Crippen LogP contribution is -2.51. The molecule has 0 rings (SSSR count). The summed E-state index contributed by atoms with van der Waals surface area (Å²) in [7, 11) is 0. The molecule has 76 valence electrons. The van der Waals surface area contributed by atoms with E-state index in [-0.39, 0.29) is 0 Å². The topological polar surface area (TPSA) is 113 Å². The molecule has 0 heterocycles. The SMILES string of the molecule is [2H]N[C@H](C)C(=O)N[C@H](C(=O)O)[C@H](C)O. The van der Waals surface area contributed by atoms with Gasteiger partial charge in [0.1, 0.15) is 1.41 Å². The minimum Gasteiger partial charge on any atom is -0.480 e. The quantitative estimate of drug-likeness (QED) is 0.413. The molecule has 0 aliphatic carbocycles. The van der Waals surface area contributed by atoms with Crippen LogP contribution in [-0.4, -0.2) is 40.3 Å². The van der Waals surface area contributed by atoms with E-state index in [1.165, 1.54) is 13.8 Å². The van der Waals surface area contributed by atoms with E-state index >= 15 is 0 Å². The Hall–Kier alpha value is -1.14. The van der Waals surface area contributed by atoms with E-state index in [0.29, 0.717) is 0 Å². The number of nitrogens with one attached hydrogen (secondary N) is 1. The molecule has 3 atom stereocenters. The molecule has 0 unspecified atom stereocenters. The smallest absolute Gasteiger partial charge is 0.328 e. The van der Waals surface area contributed by atoms with Gasteiger partial charge in [-0.25, -0.2) is 4.79 Å². The predicted molar refractivity (Wildman–Crippen MR) is 44.9 cm³/mol. The van der Waals surface area contributed by atoms with E-state index in [4.69, 9.17) is 11.6 Å². The van der Waals surface area contributed by atoms with Crippen LogP contribution in [0.5, 0.6) is 0 Å². The molecule has 0 radical (unpaired) electrons. The minimum absolute atomic E-state index is 0.645. The Kier molecular flexibility index (Phi) is 3.66. The molecule has 0 saturated carbocycles. The molecule has 0 bridgehead atoms. The van der Waals surface area contributed by atoms with Gasteiger partial charge in [0.05, 0.1) is 12.1 Å². The monoisotopic (exact) mass is 191 g/mol. The summed E-state index contributed by atoms with van der Waals surface area (Å²) in [6.07, 6.45) is -1.19. The van der Waals surface area contributed by atoms with Gasteiger partial charge in [0.25, 0.3) is 0 Å². The summed E-state index contributed by atoms with van der Waals surface area (Å²) in [4.78, 5) is 21.7. The van der Waals surface area contributed by atoms with Crippen LogP contribution in [0, 0.1) is 0 Å². The van der Waals surface area contributed by atoms with Gasteiger partial charge in [0, 0.05) is 0 Å². The van der Waals surface area contributed by atoms with Crippen molar-refractivity contribution in [3.8, 4) is 0 Å². The molecule has 0 aliphatic heterocycles. The Balaban J connectivity index is 4.31. The number of carbonyl (C=O) groups excluding carboxylic acids is 1. The summed E-state index contributed by atoms with van der Waals surface area (Å²) >= 11 is 0. The number of aliphatic hydroxyl groups excluding tert-OH is 1. The number of carboxylic acids is 1. The molecule has 13 heavy (non-hydrogen) atoms. The molecule has 0 fully saturated rings. The zero-order valence-electron chi connectivity index (χ0n) is 8.44. The lowest BCUT2D eigenvalue weighted by molar-refractivity contribution is -0.144. The molecular formula is C7H14N2O4. The largest absolute Gasteiger partial charge is 0.480 e. The molecular weight excluding hydrogens is 176 g/mol. The first-order valence-electron chi connectivity index (χ1n) is 4.28. The lowest BCUT2D eigenvalue weighted by Gasteiger charge is -2.17. The van der Waals surface area contributed by atoms with Crippen LogP contribution in [-0.2, 0) is 9.59 Å². The molecule has 0 aliphatic rings. The van der Waals surface area contributed by atoms with Gasteiger partial charge in [0.15, 0.2) is 6.04 Å². The molecule has 0 aromatic heterocycles. The Bertz CT molecular complexity index is 222. The summed E-state index contributed by atoms with van der Waals surface area (Å²) in [5.74, 6) is -1.96. The molecule has 1 amide bonds. The third-order valence-corrected chi connectivity index (χ3v) is 1.44. The fraction of sp³-hybridized carbons (Fsp3) is 0.714. The van der Waals surface area contributed by atoms with Crippen LogP contribution in [0.2, 0.25) is 1.41 Å². The van der Waals surface area contributed by atoms with Crippen LogP contribution in [0.25, 0.3) is 0 Å². The number of carbonyl (C=O) groups is 2. The average molecular weight is 191 g/mol. The highest BCUT2D eigenvalue weighted by molar-refractivity contribution is 5.86. The standard InChI is InChI=1S/C7H14N2O4/c1-3(8)6(11)9-5(4(2)10)7(12)13/h3-5,10H,8H2,1-2H3,(H,9,11)(H,12,13)/t3-,4+,5+/m1/s1/i/hD. The Morgan fingerprint density at radius 3 is 2.38 bits per heavy atom. The van der Waals surface area contributed by atoms with Gasteiger partial charge in [-0.05, 0) is 13.8 Å². The number of carboxylic acid groups (broad SMARTS) is 1. The van der Waals surface area contributed by atoms with Crippen LogP contribution < -0.4 is 11.0 Å². The second-order valence-electron chi connectivity index (χ2n) is 2.79. The van der Waals surface area contributed by atoms with Crippen molar-refractivity contribution in [1.82, 2.24) is 5.32 Å². The third-order valence-electron chi connectivity index (χ3n) is 1.44. The van der Waals surface area contributed by atoms with Gasteiger partial charge in [0.2, 0.25) is 5.91 Å². The fourth-order valence-electron chi connectivity index (χ4n) is 0.667. The first-order valence-corrected chi connectivity index (χ1v) is 3.78. The van der Waals surface area contributed by atoms with Crippen molar-refractivity contribution in [1.29, 1.82) is 0 Å². The molecule has 5 N–H and O–H groups in total. The zero-order chi connectivity index (χ0) is 11.3. The summed E-state index contributed by atoms with van der Waals surface area (Å²) in [6.45, 7) is 2.67.